The van der Waals surface area contributed by atoms with Gasteiger partial charge in [0.15, 0.2) is 0 Å². The molecule has 0 spiro atoms. The average molecular weight is 427 g/mol. The minimum atomic E-state index is -3.49. The van der Waals surface area contributed by atoms with Crippen LogP contribution < -0.4 is 5.32 Å². The molecule has 1 N–H and O–H groups in total. The summed E-state index contributed by atoms with van der Waals surface area (Å²) >= 11 is 0. The molecule has 1 saturated heterocycles. The normalized spacial score (nSPS) is 19.5. The van der Waals surface area contributed by atoms with Crippen molar-refractivity contribution in [2.24, 2.45) is 0 Å². The molecule has 1 aliphatic carbocycles. The molecule has 1 saturated carbocycles. The Bertz CT molecular complexity index is 944. The summed E-state index contributed by atoms with van der Waals surface area (Å²) in [4.78, 5) is 12.7. The van der Waals surface area contributed by atoms with Crippen LogP contribution in [-0.4, -0.2) is 37.8 Å². The molecule has 0 atom stereocenters. The van der Waals surface area contributed by atoms with Crippen LogP contribution >= 0.6 is 0 Å². The Kier molecular flexibility index (Phi) is 6.54. The standard InChI is InChI=1S/C24H30N2O3S/c27-24(21-9-5-2-6-10-21)25-22-15-17-26(18-16-22)30(28,29)23-13-11-20(12-14-23)19-7-3-1-4-8-19/h2,5-6,9-14,19,22H,1,3-4,7-8,15-18H2,(H,25,27). The first kappa shape index (κ1) is 21.1. The summed E-state index contributed by atoms with van der Waals surface area (Å²) in [5.74, 6) is 0.467. The van der Waals surface area contributed by atoms with E-state index in [0.717, 1.165) is 0 Å². The van der Waals surface area contributed by atoms with Gasteiger partial charge in [0.05, 0.1) is 4.90 Å². The van der Waals surface area contributed by atoms with Crippen molar-refractivity contribution in [3.8, 4) is 0 Å². The van der Waals surface area contributed by atoms with Crippen LogP contribution in [0.3, 0.4) is 0 Å². The summed E-state index contributed by atoms with van der Waals surface area (Å²) in [6, 6.07) is 16.6. The SMILES string of the molecule is O=C(NC1CCN(S(=O)(=O)c2ccc(C3CCCCC3)cc2)CC1)c1ccccc1. The molecular weight excluding hydrogens is 396 g/mol. The van der Waals surface area contributed by atoms with Gasteiger partial charge in [0.2, 0.25) is 10.0 Å². The van der Waals surface area contributed by atoms with Gasteiger partial charge in [-0.1, -0.05) is 49.6 Å². The first-order valence-electron chi connectivity index (χ1n) is 11.0. The Hall–Kier alpha value is -2.18. The van der Waals surface area contributed by atoms with Crippen molar-refractivity contribution in [3.63, 3.8) is 0 Å². The molecule has 2 fully saturated rings. The molecule has 1 aliphatic heterocycles. The minimum Gasteiger partial charge on any atom is -0.349 e. The molecule has 2 aromatic carbocycles. The maximum atomic E-state index is 13.1. The van der Waals surface area contributed by atoms with E-state index in [0.29, 0.717) is 42.3 Å². The van der Waals surface area contributed by atoms with Crippen LogP contribution in [-0.2, 0) is 10.0 Å². The van der Waals surface area contributed by atoms with Gasteiger partial charge in [-0.2, -0.15) is 4.31 Å². The van der Waals surface area contributed by atoms with Crippen molar-refractivity contribution in [3.05, 3.63) is 65.7 Å². The molecular formula is C24H30N2O3S. The van der Waals surface area contributed by atoms with Gasteiger partial charge in [0.1, 0.15) is 0 Å². The lowest BCUT2D eigenvalue weighted by Crippen LogP contribution is -2.46. The van der Waals surface area contributed by atoms with Crippen LogP contribution in [0.2, 0.25) is 0 Å². The second-order valence-corrected chi connectivity index (χ2v) is 10.4. The lowest BCUT2D eigenvalue weighted by molar-refractivity contribution is 0.0924. The van der Waals surface area contributed by atoms with Crippen LogP contribution in [0.25, 0.3) is 0 Å². The fourth-order valence-corrected chi connectivity index (χ4v) is 6.07. The molecule has 5 nitrogen and oxygen atoms in total. The van der Waals surface area contributed by atoms with Crippen molar-refractivity contribution < 1.29 is 13.2 Å². The van der Waals surface area contributed by atoms with Gasteiger partial charge < -0.3 is 5.32 Å². The van der Waals surface area contributed by atoms with E-state index >= 15 is 0 Å². The highest BCUT2D eigenvalue weighted by molar-refractivity contribution is 7.89. The van der Waals surface area contributed by atoms with Gasteiger partial charge in [-0.3, -0.25) is 4.79 Å². The van der Waals surface area contributed by atoms with Crippen LogP contribution in [0, 0.1) is 0 Å². The Morgan fingerprint density at radius 2 is 1.47 bits per heavy atom. The second kappa shape index (κ2) is 9.31. The van der Waals surface area contributed by atoms with Crippen LogP contribution in [0.5, 0.6) is 0 Å². The number of nitrogens with zero attached hydrogens (tertiary/aromatic N) is 1. The third-order valence-corrected chi connectivity index (χ3v) is 8.33. The third-order valence-electron chi connectivity index (χ3n) is 6.42. The molecule has 4 rings (SSSR count). The molecule has 0 unspecified atom stereocenters. The molecule has 0 aromatic heterocycles. The fraction of sp³-hybridized carbons (Fsp3) is 0.458. The molecule has 1 amide bonds. The van der Waals surface area contributed by atoms with Crippen LogP contribution in [0.4, 0.5) is 0 Å². The van der Waals surface area contributed by atoms with E-state index in [9.17, 15) is 13.2 Å². The monoisotopic (exact) mass is 426 g/mol. The first-order chi connectivity index (χ1) is 14.5. The Morgan fingerprint density at radius 1 is 0.833 bits per heavy atom. The molecule has 30 heavy (non-hydrogen) atoms. The number of benzene rings is 2. The van der Waals surface area contributed by atoms with E-state index in [4.69, 9.17) is 0 Å². The van der Waals surface area contributed by atoms with Crippen LogP contribution in [0.15, 0.2) is 59.5 Å². The second-order valence-electron chi connectivity index (χ2n) is 8.42. The highest BCUT2D eigenvalue weighted by atomic mass is 32.2. The molecule has 160 valence electrons. The zero-order valence-electron chi connectivity index (χ0n) is 17.3. The lowest BCUT2D eigenvalue weighted by atomic mass is 9.84. The van der Waals surface area contributed by atoms with Crippen LogP contribution in [0.1, 0.15) is 66.8 Å². The van der Waals surface area contributed by atoms with Crippen molar-refractivity contribution in [1.82, 2.24) is 9.62 Å². The quantitative estimate of drug-likeness (QED) is 0.774. The van der Waals surface area contributed by atoms with Crippen molar-refractivity contribution >= 4 is 15.9 Å². The average Bonchev–Trinajstić information content (AvgIpc) is 2.81. The lowest BCUT2D eigenvalue weighted by Gasteiger charge is -2.31. The maximum Gasteiger partial charge on any atom is 0.251 e. The summed E-state index contributed by atoms with van der Waals surface area (Å²) in [7, 11) is -3.49. The number of hydrogen-bond donors (Lipinski definition) is 1. The van der Waals surface area contributed by atoms with Gasteiger partial charge in [-0.05, 0) is 61.4 Å². The Labute approximate surface area is 179 Å². The van der Waals surface area contributed by atoms with Gasteiger partial charge in [0.25, 0.3) is 5.91 Å². The number of carbonyl (C=O) groups excluding carboxylic acids is 1. The van der Waals surface area contributed by atoms with Crippen molar-refractivity contribution in [2.75, 3.05) is 13.1 Å². The highest BCUT2D eigenvalue weighted by Gasteiger charge is 2.30. The number of amides is 1. The topological polar surface area (TPSA) is 66.5 Å². The molecule has 1 heterocycles. The minimum absolute atomic E-state index is 0.00201. The molecule has 6 heteroatoms. The van der Waals surface area contributed by atoms with Gasteiger partial charge >= 0.3 is 0 Å². The van der Waals surface area contributed by atoms with E-state index in [1.807, 2.05) is 30.3 Å². The van der Waals surface area contributed by atoms with E-state index in [1.165, 1.54) is 37.7 Å². The zero-order chi connectivity index (χ0) is 21.0. The molecule has 0 radical (unpaired) electrons. The fourth-order valence-electron chi connectivity index (χ4n) is 4.60. The van der Waals surface area contributed by atoms with Gasteiger partial charge in [0, 0.05) is 24.7 Å². The summed E-state index contributed by atoms with van der Waals surface area (Å²) in [5, 5.41) is 3.03. The van der Waals surface area contributed by atoms with E-state index < -0.39 is 10.0 Å². The van der Waals surface area contributed by atoms with Gasteiger partial charge in [-0.15, -0.1) is 0 Å². The number of carbonyl (C=O) groups is 1. The van der Waals surface area contributed by atoms with Gasteiger partial charge in [-0.25, -0.2) is 8.42 Å². The van der Waals surface area contributed by atoms with Crippen molar-refractivity contribution in [2.45, 2.75) is 61.8 Å². The molecule has 2 aromatic rings. The number of nitrogens with one attached hydrogen (secondary N) is 1. The summed E-state index contributed by atoms with van der Waals surface area (Å²) in [5.41, 5.74) is 1.89. The highest BCUT2D eigenvalue weighted by Crippen LogP contribution is 2.33. The number of sulfonamides is 1. The third kappa shape index (κ3) is 4.76. The summed E-state index contributed by atoms with van der Waals surface area (Å²) in [6.07, 6.45) is 7.49. The maximum absolute atomic E-state index is 13.1. The predicted octanol–water partition coefficient (Wildman–Crippen LogP) is 4.32. The predicted molar refractivity (Wildman–Crippen MR) is 118 cm³/mol. The Balaban J connectivity index is 1.35. The molecule has 2 aliphatic rings. The number of hydrogen-bond acceptors (Lipinski definition) is 3. The zero-order valence-corrected chi connectivity index (χ0v) is 18.1. The number of rotatable bonds is 5. The number of piperidine rings is 1. The van der Waals surface area contributed by atoms with E-state index in [-0.39, 0.29) is 11.9 Å². The van der Waals surface area contributed by atoms with E-state index in [2.05, 4.69) is 5.32 Å². The first-order valence-corrected chi connectivity index (χ1v) is 12.4. The largest absolute Gasteiger partial charge is 0.349 e. The summed E-state index contributed by atoms with van der Waals surface area (Å²) in [6.45, 7) is 0.846. The smallest absolute Gasteiger partial charge is 0.251 e. The van der Waals surface area contributed by atoms with E-state index in [1.54, 1.807) is 28.6 Å². The Morgan fingerprint density at radius 3 is 2.10 bits per heavy atom. The summed E-state index contributed by atoms with van der Waals surface area (Å²) < 4.78 is 27.7. The van der Waals surface area contributed by atoms with Crippen molar-refractivity contribution in [1.29, 1.82) is 0 Å². The molecule has 0 bridgehead atoms.